The van der Waals surface area contributed by atoms with Crippen LogP contribution in [-0.4, -0.2) is 19.4 Å². The van der Waals surface area contributed by atoms with Gasteiger partial charge in [0.1, 0.15) is 0 Å². The van der Waals surface area contributed by atoms with Crippen LogP contribution in [0.5, 0.6) is 11.5 Å². The largest absolute Gasteiger partial charge is 0.463 e. The SMILES string of the molecule is CCOC(=O)C=Cc1ccc2c(c1)OCO2. The second-order valence-corrected chi connectivity index (χ2v) is 3.20. The van der Waals surface area contributed by atoms with Crippen molar-refractivity contribution in [3.05, 3.63) is 29.8 Å². The molecule has 0 radical (unpaired) electrons. The van der Waals surface area contributed by atoms with Crippen LogP contribution in [-0.2, 0) is 9.53 Å². The highest BCUT2D eigenvalue weighted by Crippen LogP contribution is 2.32. The molecule has 16 heavy (non-hydrogen) atoms. The smallest absolute Gasteiger partial charge is 0.330 e. The van der Waals surface area contributed by atoms with Crippen molar-refractivity contribution >= 4 is 12.0 Å². The lowest BCUT2D eigenvalue weighted by Gasteiger charge is -1.98. The average molecular weight is 220 g/mol. The number of hydrogen-bond donors (Lipinski definition) is 0. The van der Waals surface area contributed by atoms with Gasteiger partial charge in [0, 0.05) is 6.08 Å². The molecular formula is C12H12O4. The first-order valence-corrected chi connectivity index (χ1v) is 5.04. The third-order valence-corrected chi connectivity index (χ3v) is 2.10. The lowest BCUT2D eigenvalue weighted by atomic mass is 10.2. The molecule has 0 aromatic heterocycles. The molecule has 84 valence electrons. The highest BCUT2D eigenvalue weighted by atomic mass is 16.7. The molecule has 4 nitrogen and oxygen atoms in total. The Morgan fingerprint density at radius 2 is 2.25 bits per heavy atom. The third kappa shape index (κ3) is 2.34. The van der Waals surface area contributed by atoms with Crippen LogP contribution in [0.1, 0.15) is 12.5 Å². The molecular weight excluding hydrogens is 208 g/mol. The normalized spacial score (nSPS) is 13.1. The Morgan fingerprint density at radius 3 is 3.06 bits per heavy atom. The summed E-state index contributed by atoms with van der Waals surface area (Å²) in [5.41, 5.74) is 0.873. The van der Waals surface area contributed by atoms with Gasteiger partial charge in [-0.1, -0.05) is 6.07 Å². The summed E-state index contributed by atoms with van der Waals surface area (Å²) in [6, 6.07) is 5.48. The summed E-state index contributed by atoms with van der Waals surface area (Å²) >= 11 is 0. The maximum Gasteiger partial charge on any atom is 0.330 e. The van der Waals surface area contributed by atoms with E-state index >= 15 is 0 Å². The Labute approximate surface area is 93.4 Å². The molecule has 1 aromatic carbocycles. The van der Waals surface area contributed by atoms with Gasteiger partial charge in [0.05, 0.1) is 6.61 Å². The number of hydrogen-bond acceptors (Lipinski definition) is 4. The van der Waals surface area contributed by atoms with Gasteiger partial charge in [-0.05, 0) is 30.7 Å². The van der Waals surface area contributed by atoms with E-state index in [1.54, 1.807) is 13.0 Å². The fourth-order valence-electron chi connectivity index (χ4n) is 1.37. The van der Waals surface area contributed by atoms with Crippen molar-refractivity contribution in [3.8, 4) is 11.5 Å². The second-order valence-electron chi connectivity index (χ2n) is 3.20. The maximum absolute atomic E-state index is 11.1. The Hall–Kier alpha value is -1.97. The van der Waals surface area contributed by atoms with Gasteiger partial charge in [-0.3, -0.25) is 0 Å². The van der Waals surface area contributed by atoms with Crippen LogP contribution in [0.25, 0.3) is 6.08 Å². The van der Waals surface area contributed by atoms with Crippen LogP contribution in [0.4, 0.5) is 0 Å². The lowest BCUT2D eigenvalue weighted by Crippen LogP contribution is -1.98. The van der Waals surface area contributed by atoms with E-state index in [4.69, 9.17) is 14.2 Å². The Morgan fingerprint density at radius 1 is 1.44 bits per heavy atom. The van der Waals surface area contributed by atoms with Crippen molar-refractivity contribution in [1.29, 1.82) is 0 Å². The van der Waals surface area contributed by atoms with Gasteiger partial charge in [0.15, 0.2) is 11.5 Å². The van der Waals surface area contributed by atoms with Gasteiger partial charge in [-0.25, -0.2) is 4.79 Å². The van der Waals surface area contributed by atoms with Crippen LogP contribution in [0.2, 0.25) is 0 Å². The first-order chi connectivity index (χ1) is 7.79. The molecule has 0 amide bonds. The highest BCUT2D eigenvalue weighted by molar-refractivity contribution is 5.87. The minimum absolute atomic E-state index is 0.250. The van der Waals surface area contributed by atoms with Crippen molar-refractivity contribution < 1.29 is 19.0 Å². The molecule has 0 fully saturated rings. The minimum atomic E-state index is -0.347. The fourth-order valence-corrected chi connectivity index (χ4v) is 1.37. The summed E-state index contributed by atoms with van der Waals surface area (Å²) in [7, 11) is 0. The Bertz CT molecular complexity index is 423. The van der Waals surface area contributed by atoms with Crippen molar-refractivity contribution in [1.82, 2.24) is 0 Å². The third-order valence-electron chi connectivity index (χ3n) is 2.10. The van der Waals surface area contributed by atoms with Crippen molar-refractivity contribution in [2.24, 2.45) is 0 Å². The van der Waals surface area contributed by atoms with Gasteiger partial charge in [0.25, 0.3) is 0 Å². The molecule has 0 aliphatic carbocycles. The molecule has 1 aromatic rings. The number of ether oxygens (including phenoxy) is 3. The molecule has 0 atom stereocenters. The van der Waals surface area contributed by atoms with E-state index in [9.17, 15) is 4.79 Å². The van der Waals surface area contributed by atoms with E-state index in [1.807, 2.05) is 18.2 Å². The molecule has 1 aliphatic rings. The zero-order chi connectivity index (χ0) is 11.4. The molecule has 1 heterocycles. The number of fused-ring (bicyclic) bond motifs is 1. The van der Waals surface area contributed by atoms with Crippen molar-refractivity contribution in [2.75, 3.05) is 13.4 Å². The summed E-state index contributed by atoms with van der Waals surface area (Å²) in [6.45, 7) is 2.40. The predicted molar refractivity (Wildman–Crippen MR) is 58.2 cm³/mol. The maximum atomic E-state index is 11.1. The number of benzene rings is 1. The highest BCUT2D eigenvalue weighted by Gasteiger charge is 2.12. The molecule has 0 saturated carbocycles. The lowest BCUT2D eigenvalue weighted by molar-refractivity contribution is -0.137. The van der Waals surface area contributed by atoms with Gasteiger partial charge in [-0.2, -0.15) is 0 Å². The fraction of sp³-hybridized carbons (Fsp3) is 0.250. The van der Waals surface area contributed by atoms with E-state index in [0.29, 0.717) is 12.4 Å². The number of carbonyl (C=O) groups excluding carboxylic acids is 1. The summed E-state index contributed by atoms with van der Waals surface area (Å²) in [6.07, 6.45) is 3.07. The molecule has 0 spiro atoms. The number of rotatable bonds is 3. The van der Waals surface area contributed by atoms with Crippen LogP contribution < -0.4 is 9.47 Å². The number of esters is 1. The predicted octanol–water partition coefficient (Wildman–Crippen LogP) is 1.99. The number of carbonyl (C=O) groups is 1. The molecule has 0 unspecified atom stereocenters. The Kier molecular flexibility index (Phi) is 3.10. The van der Waals surface area contributed by atoms with Crippen LogP contribution in [0.15, 0.2) is 24.3 Å². The molecule has 2 rings (SSSR count). The summed E-state index contributed by atoms with van der Waals surface area (Å²) in [4.78, 5) is 11.1. The van der Waals surface area contributed by atoms with Crippen LogP contribution in [0.3, 0.4) is 0 Å². The van der Waals surface area contributed by atoms with E-state index in [-0.39, 0.29) is 12.8 Å². The quantitative estimate of drug-likeness (QED) is 0.577. The summed E-state index contributed by atoms with van der Waals surface area (Å²) in [5, 5.41) is 0. The van der Waals surface area contributed by atoms with E-state index < -0.39 is 0 Å². The molecule has 1 aliphatic heterocycles. The molecule has 0 bridgehead atoms. The van der Waals surface area contributed by atoms with E-state index in [1.165, 1.54) is 6.08 Å². The molecule has 0 N–H and O–H groups in total. The first kappa shape index (κ1) is 10.5. The van der Waals surface area contributed by atoms with E-state index in [2.05, 4.69) is 0 Å². The van der Waals surface area contributed by atoms with Gasteiger partial charge in [0.2, 0.25) is 6.79 Å². The first-order valence-electron chi connectivity index (χ1n) is 5.04. The summed E-state index contributed by atoms with van der Waals surface area (Å²) < 4.78 is 15.2. The monoisotopic (exact) mass is 220 g/mol. The standard InChI is InChI=1S/C12H12O4/c1-2-14-12(13)6-4-9-3-5-10-11(7-9)16-8-15-10/h3-7H,2,8H2,1H3. The van der Waals surface area contributed by atoms with Crippen molar-refractivity contribution in [2.45, 2.75) is 6.92 Å². The molecule has 0 saturated heterocycles. The van der Waals surface area contributed by atoms with E-state index in [0.717, 1.165) is 11.3 Å². The van der Waals surface area contributed by atoms with Gasteiger partial charge >= 0.3 is 5.97 Å². The summed E-state index contributed by atoms with van der Waals surface area (Å²) in [5.74, 6) is 1.08. The molecule has 4 heteroatoms. The second kappa shape index (κ2) is 4.70. The average Bonchev–Trinajstić information content (AvgIpc) is 2.74. The van der Waals surface area contributed by atoms with Gasteiger partial charge < -0.3 is 14.2 Å². The van der Waals surface area contributed by atoms with Crippen LogP contribution >= 0.6 is 0 Å². The van der Waals surface area contributed by atoms with Crippen LogP contribution in [0, 0.1) is 0 Å². The topological polar surface area (TPSA) is 44.8 Å². The Balaban J connectivity index is 2.08. The zero-order valence-corrected chi connectivity index (χ0v) is 8.93. The van der Waals surface area contributed by atoms with Crippen molar-refractivity contribution in [3.63, 3.8) is 0 Å². The zero-order valence-electron chi connectivity index (χ0n) is 8.93. The van der Waals surface area contributed by atoms with Gasteiger partial charge in [-0.15, -0.1) is 0 Å². The minimum Gasteiger partial charge on any atom is -0.463 e.